The second kappa shape index (κ2) is 11.6. The van der Waals surface area contributed by atoms with Crippen LogP contribution in [0.2, 0.25) is 5.02 Å². The summed E-state index contributed by atoms with van der Waals surface area (Å²) in [7, 11) is 0. The van der Waals surface area contributed by atoms with Crippen LogP contribution in [0.3, 0.4) is 0 Å². The molecule has 0 aliphatic carbocycles. The van der Waals surface area contributed by atoms with Crippen molar-refractivity contribution < 1.29 is 24.0 Å². The maximum absolute atomic E-state index is 12.7. The van der Waals surface area contributed by atoms with Crippen molar-refractivity contribution >= 4 is 35.1 Å². The minimum atomic E-state index is -0.998. The van der Waals surface area contributed by atoms with Crippen molar-refractivity contribution in [3.63, 3.8) is 0 Å². The lowest BCUT2D eigenvalue weighted by Gasteiger charge is -2.35. The highest BCUT2D eigenvalue weighted by Crippen LogP contribution is 2.25. The summed E-state index contributed by atoms with van der Waals surface area (Å²) < 4.78 is 5.17. The van der Waals surface area contributed by atoms with E-state index >= 15 is 0 Å². The third kappa shape index (κ3) is 6.75. The normalized spacial score (nSPS) is 14.8. The van der Waals surface area contributed by atoms with E-state index in [1.165, 1.54) is 24.6 Å². The summed E-state index contributed by atoms with van der Waals surface area (Å²) in [6.45, 7) is 4.29. The number of ether oxygens (including phenoxy) is 1. The van der Waals surface area contributed by atoms with Gasteiger partial charge in [-0.15, -0.1) is 0 Å². The zero-order chi connectivity index (χ0) is 24.7. The topological polar surface area (TPSA) is 122 Å². The molecule has 1 atom stereocenters. The Morgan fingerprint density at radius 2 is 1.79 bits per heavy atom. The first-order valence-corrected chi connectivity index (χ1v) is 11.1. The molecule has 3 rings (SSSR count). The van der Waals surface area contributed by atoms with Gasteiger partial charge >= 0.3 is 5.97 Å². The highest BCUT2D eigenvalue weighted by Gasteiger charge is 2.27. The van der Waals surface area contributed by atoms with Gasteiger partial charge in [0.2, 0.25) is 0 Å². The Morgan fingerprint density at radius 3 is 2.44 bits per heavy atom. The number of nitro groups is 1. The van der Waals surface area contributed by atoms with Crippen LogP contribution in [-0.2, 0) is 20.9 Å². The molecule has 0 bridgehead atoms. The highest BCUT2D eigenvalue weighted by molar-refractivity contribution is 6.32. The number of hydrogen-bond acceptors (Lipinski definition) is 7. The number of halogens is 1. The molecule has 10 nitrogen and oxygen atoms in total. The standard InChI is InChI=1S/C23H25ClN4O6/c1-16(23(31)27-11-9-26(10-12-27)15-17-5-3-2-4-6-17)34-21(29)14-25-22(30)18-7-8-19(24)20(13-18)28(32)33/h2-8,13,16H,9-12,14-15H2,1H3,(H,25,30). The van der Waals surface area contributed by atoms with Gasteiger partial charge in [-0.05, 0) is 24.6 Å². The zero-order valence-electron chi connectivity index (χ0n) is 18.6. The Balaban J connectivity index is 1.43. The van der Waals surface area contributed by atoms with E-state index in [0.29, 0.717) is 26.2 Å². The molecule has 1 aliphatic rings. The van der Waals surface area contributed by atoms with Crippen LogP contribution in [0.4, 0.5) is 5.69 Å². The molecule has 1 N–H and O–H groups in total. The molecule has 1 saturated heterocycles. The van der Waals surface area contributed by atoms with Gasteiger partial charge in [-0.2, -0.15) is 0 Å². The lowest BCUT2D eigenvalue weighted by Crippen LogP contribution is -2.51. The molecule has 0 radical (unpaired) electrons. The number of nitrogens with one attached hydrogen (secondary N) is 1. The van der Waals surface area contributed by atoms with Crippen LogP contribution < -0.4 is 5.32 Å². The van der Waals surface area contributed by atoms with Crippen LogP contribution in [0.1, 0.15) is 22.8 Å². The van der Waals surface area contributed by atoms with E-state index in [-0.39, 0.29) is 16.5 Å². The van der Waals surface area contributed by atoms with E-state index in [1.807, 2.05) is 18.2 Å². The summed E-state index contributed by atoms with van der Waals surface area (Å²) in [5, 5.41) is 13.2. The summed E-state index contributed by atoms with van der Waals surface area (Å²) in [5.41, 5.74) is 0.765. The fourth-order valence-corrected chi connectivity index (χ4v) is 3.75. The van der Waals surface area contributed by atoms with Crippen molar-refractivity contribution in [3.8, 4) is 0 Å². The van der Waals surface area contributed by atoms with Crippen LogP contribution in [0.15, 0.2) is 48.5 Å². The van der Waals surface area contributed by atoms with Crippen LogP contribution in [-0.4, -0.2) is 71.3 Å². The average molecular weight is 489 g/mol. The molecule has 34 heavy (non-hydrogen) atoms. The second-order valence-corrected chi connectivity index (χ2v) is 8.23. The summed E-state index contributed by atoms with van der Waals surface area (Å²) in [5.74, 6) is -1.79. The van der Waals surface area contributed by atoms with E-state index in [1.54, 1.807) is 4.90 Å². The molecule has 1 unspecified atom stereocenters. The van der Waals surface area contributed by atoms with Gasteiger partial charge in [0.15, 0.2) is 6.10 Å². The predicted octanol–water partition coefficient (Wildman–Crippen LogP) is 2.25. The number of piperazine rings is 1. The summed E-state index contributed by atoms with van der Waals surface area (Å²) >= 11 is 5.73. The molecule has 2 amide bonds. The van der Waals surface area contributed by atoms with Crippen molar-refractivity contribution in [3.05, 3.63) is 74.8 Å². The van der Waals surface area contributed by atoms with E-state index in [4.69, 9.17) is 16.3 Å². The van der Waals surface area contributed by atoms with Crippen LogP contribution in [0.5, 0.6) is 0 Å². The predicted molar refractivity (Wildman–Crippen MR) is 124 cm³/mol. The Hall–Kier alpha value is -3.50. The molecule has 2 aromatic rings. The van der Waals surface area contributed by atoms with Gasteiger partial charge in [0, 0.05) is 44.4 Å². The van der Waals surface area contributed by atoms with Crippen LogP contribution >= 0.6 is 11.6 Å². The largest absolute Gasteiger partial charge is 0.451 e. The number of esters is 1. The smallest absolute Gasteiger partial charge is 0.326 e. The maximum atomic E-state index is 12.7. The molecular weight excluding hydrogens is 464 g/mol. The van der Waals surface area contributed by atoms with Gasteiger partial charge in [0.1, 0.15) is 11.6 Å². The van der Waals surface area contributed by atoms with Gasteiger partial charge < -0.3 is 15.0 Å². The molecule has 2 aromatic carbocycles. The molecule has 0 aromatic heterocycles. The highest BCUT2D eigenvalue weighted by atomic mass is 35.5. The first kappa shape index (κ1) is 25.1. The Kier molecular flexibility index (Phi) is 8.55. The lowest BCUT2D eigenvalue weighted by molar-refractivity contribution is -0.384. The van der Waals surface area contributed by atoms with Crippen molar-refractivity contribution in [1.29, 1.82) is 0 Å². The lowest BCUT2D eigenvalue weighted by atomic mass is 10.2. The average Bonchev–Trinajstić information content (AvgIpc) is 2.83. The minimum Gasteiger partial charge on any atom is -0.451 e. The SMILES string of the molecule is CC(OC(=O)CNC(=O)c1ccc(Cl)c([N+](=O)[O-])c1)C(=O)N1CCN(Cc2ccccc2)CC1. The number of benzene rings is 2. The summed E-state index contributed by atoms with van der Waals surface area (Å²) in [4.78, 5) is 51.1. The molecule has 1 heterocycles. The van der Waals surface area contributed by atoms with Gasteiger partial charge in [-0.3, -0.25) is 29.4 Å². The van der Waals surface area contributed by atoms with Gasteiger partial charge in [-0.1, -0.05) is 41.9 Å². The first-order chi connectivity index (χ1) is 16.2. The van der Waals surface area contributed by atoms with E-state index < -0.39 is 35.1 Å². The van der Waals surface area contributed by atoms with Gasteiger partial charge in [0.25, 0.3) is 17.5 Å². The fourth-order valence-electron chi connectivity index (χ4n) is 3.56. The molecule has 11 heteroatoms. The minimum absolute atomic E-state index is 0.0265. The Labute approximate surface area is 201 Å². The third-order valence-corrected chi connectivity index (χ3v) is 5.71. The van der Waals surface area contributed by atoms with Crippen molar-refractivity contribution in [2.45, 2.75) is 19.6 Å². The molecular formula is C23H25ClN4O6. The van der Waals surface area contributed by atoms with E-state index in [2.05, 4.69) is 22.3 Å². The summed E-state index contributed by atoms with van der Waals surface area (Å²) in [6.07, 6.45) is -0.998. The number of carbonyl (C=O) groups is 3. The van der Waals surface area contributed by atoms with Gasteiger partial charge in [-0.25, -0.2) is 0 Å². The zero-order valence-corrected chi connectivity index (χ0v) is 19.4. The number of carbonyl (C=O) groups excluding carboxylic acids is 3. The van der Waals surface area contributed by atoms with Gasteiger partial charge in [0.05, 0.1) is 4.92 Å². The first-order valence-electron chi connectivity index (χ1n) is 10.7. The third-order valence-electron chi connectivity index (χ3n) is 5.39. The van der Waals surface area contributed by atoms with Crippen LogP contribution in [0, 0.1) is 10.1 Å². The Morgan fingerprint density at radius 1 is 1.12 bits per heavy atom. The van der Waals surface area contributed by atoms with Crippen molar-refractivity contribution in [1.82, 2.24) is 15.1 Å². The molecule has 1 fully saturated rings. The maximum Gasteiger partial charge on any atom is 0.326 e. The van der Waals surface area contributed by atoms with Crippen molar-refractivity contribution in [2.24, 2.45) is 0 Å². The molecule has 180 valence electrons. The molecule has 1 aliphatic heterocycles. The number of hydrogen-bond donors (Lipinski definition) is 1. The summed E-state index contributed by atoms with van der Waals surface area (Å²) in [6, 6.07) is 13.6. The second-order valence-electron chi connectivity index (χ2n) is 7.83. The number of nitrogens with zero attached hydrogens (tertiary/aromatic N) is 3. The van der Waals surface area contributed by atoms with Crippen LogP contribution in [0.25, 0.3) is 0 Å². The molecule has 0 spiro atoms. The molecule has 0 saturated carbocycles. The number of amides is 2. The number of rotatable bonds is 8. The monoisotopic (exact) mass is 488 g/mol. The quantitative estimate of drug-likeness (QED) is 0.343. The van der Waals surface area contributed by atoms with Crippen molar-refractivity contribution in [2.75, 3.05) is 32.7 Å². The van der Waals surface area contributed by atoms with E-state index in [9.17, 15) is 24.5 Å². The van der Waals surface area contributed by atoms with E-state index in [0.717, 1.165) is 12.6 Å². The Bertz CT molecular complexity index is 1060. The number of nitro benzene ring substituents is 1. The fraction of sp³-hybridized carbons (Fsp3) is 0.348.